The number of aromatic hydroxyl groups is 1. The lowest BCUT2D eigenvalue weighted by Gasteiger charge is -2.49. The molecule has 11 N–H and O–H groups in total. The second-order valence-electron chi connectivity index (χ2n) is 21.4. The molecule has 2 aliphatic heterocycles. The fourth-order valence-corrected chi connectivity index (χ4v) is 16.3. The molecule has 11 rings (SSSR count). The Labute approximate surface area is 411 Å². The van der Waals surface area contributed by atoms with Crippen molar-refractivity contribution in [2.75, 3.05) is 38.2 Å². The van der Waals surface area contributed by atoms with E-state index in [9.17, 15) is 20.4 Å². The van der Waals surface area contributed by atoms with E-state index in [0.717, 1.165) is 91.3 Å². The predicted octanol–water partition coefficient (Wildman–Crippen LogP) is 8.02. The number of rotatable bonds is 18. The van der Waals surface area contributed by atoms with Gasteiger partial charge in [-0.1, -0.05) is 78.1 Å². The Bertz CT molecular complexity index is 2260. The van der Waals surface area contributed by atoms with Gasteiger partial charge in [0.2, 0.25) is 0 Å². The molecule has 1 spiro atoms. The van der Waals surface area contributed by atoms with E-state index in [1.165, 1.54) is 30.5 Å². The van der Waals surface area contributed by atoms with Gasteiger partial charge in [-0.25, -0.2) is 0 Å². The molecule has 14 heteroatoms. The van der Waals surface area contributed by atoms with Gasteiger partial charge in [-0.15, -0.1) is 0 Å². The van der Waals surface area contributed by atoms with Crippen LogP contribution in [0.5, 0.6) is 11.5 Å². The van der Waals surface area contributed by atoms with Crippen molar-refractivity contribution in [2.45, 2.75) is 134 Å². The van der Waals surface area contributed by atoms with Gasteiger partial charge in [-0.3, -0.25) is 4.99 Å². The van der Waals surface area contributed by atoms with Gasteiger partial charge in [0.15, 0.2) is 17.5 Å². The minimum atomic E-state index is -0.908. The molecule has 14 atom stereocenters. The number of nitrogens with two attached hydrogens (primary N) is 2. The third-order valence-corrected chi connectivity index (χ3v) is 19.8. The summed E-state index contributed by atoms with van der Waals surface area (Å²) in [4.78, 5) is 7.83. The summed E-state index contributed by atoms with van der Waals surface area (Å²) in [5, 5.41) is 49.7. The summed E-state index contributed by atoms with van der Waals surface area (Å²) in [5.41, 5.74) is 18.3. The van der Waals surface area contributed by atoms with Crippen LogP contribution in [0.2, 0.25) is 0 Å². The molecular formula is C54H78N6O6S2. The monoisotopic (exact) mass is 971 g/mol. The van der Waals surface area contributed by atoms with Crippen LogP contribution in [0, 0.1) is 46.8 Å². The average molecular weight is 971 g/mol. The molecule has 8 aliphatic rings. The number of fused-ring (bicyclic) bond motifs is 5. The molecule has 2 saturated carbocycles. The average Bonchev–Trinajstić information content (AvgIpc) is 4.06. The van der Waals surface area contributed by atoms with Crippen LogP contribution < -0.4 is 26.8 Å². The Hall–Kier alpha value is -3.37. The quantitative estimate of drug-likeness (QED) is 0.0195. The van der Waals surface area contributed by atoms with E-state index in [0.29, 0.717) is 78.4 Å². The van der Waals surface area contributed by atoms with Crippen molar-refractivity contribution in [1.29, 1.82) is 0 Å². The molecule has 4 heterocycles. The number of guanidine groups is 1. The van der Waals surface area contributed by atoms with Crippen molar-refractivity contribution in [3.63, 3.8) is 0 Å². The number of ether oxygens (including phenoxy) is 1. The number of phenols is 1. The molecule has 1 aromatic carbocycles. The first-order valence-corrected chi connectivity index (χ1v) is 28.2. The summed E-state index contributed by atoms with van der Waals surface area (Å²) in [7, 11) is 5.65. The van der Waals surface area contributed by atoms with Crippen molar-refractivity contribution in [1.82, 2.24) is 15.6 Å². The van der Waals surface area contributed by atoms with Crippen molar-refractivity contribution in [2.24, 2.45) is 63.3 Å². The number of hydrogen-bond acceptors (Lipinski definition) is 11. The first-order valence-electron chi connectivity index (χ1n) is 25.8. The molecule has 0 amide bonds. The molecule has 6 aliphatic carbocycles. The molecule has 12 nitrogen and oxygen atoms in total. The van der Waals surface area contributed by atoms with Gasteiger partial charge in [0.1, 0.15) is 24.2 Å². The number of unbranched alkanes of at least 4 members (excludes halogenated alkanes) is 1. The van der Waals surface area contributed by atoms with E-state index in [1.54, 1.807) is 13.1 Å². The fourth-order valence-electron chi connectivity index (χ4n) is 13.5. The topological polar surface area (TPSA) is 208 Å². The third-order valence-electron chi connectivity index (χ3n) is 17.3. The fraction of sp³-hybridized carbons (Fsp3) is 0.648. The first kappa shape index (κ1) is 49.6. The highest BCUT2D eigenvalue weighted by Gasteiger charge is 2.53. The lowest BCUT2D eigenvalue weighted by Crippen LogP contribution is -2.50. The SMILES string of the molecule is CN=C(N)N[C@H]1CSSC[C@@H]2[C@@H]3C=C[C@@H](C[C@H]3[C@H](CCCCc3oc(CCc4ccc(O)c(OC[C@H](O)c5cc6c([nH]5)[C@@H]5C=C[C@]7(CCC[C@H]7C5)[C@H]6CNC[C@H](C)O)c4)cc3CO)C[C@H]2N)[C@H]1C. The van der Waals surface area contributed by atoms with Crippen LogP contribution in [0.1, 0.15) is 129 Å². The minimum absolute atomic E-state index is 0.00913. The molecule has 372 valence electrons. The number of aliphatic imine (C=N–C) groups is 1. The summed E-state index contributed by atoms with van der Waals surface area (Å²) >= 11 is 0. The number of nitrogens with zero attached hydrogens (tertiary/aromatic N) is 1. The van der Waals surface area contributed by atoms with Crippen molar-refractivity contribution in [3.8, 4) is 11.5 Å². The van der Waals surface area contributed by atoms with Gasteiger partial charge in [0.05, 0.1) is 12.7 Å². The number of allylic oxidation sites excluding steroid dienone is 4. The maximum Gasteiger partial charge on any atom is 0.188 e. The second kappa shape index (κ2) is 22.0. The zero-order valence-electron chi connectivity index (χ0n) is 40.5. The molecule has 3 aromatic rings. The van der Waals surface area contributed by atoms with Crippen LogP contribution >= 0.6 is 21.6 Å². The highest BCUT2D eigenvalue weighted by molar-refractivity contribution is 8.76. The maximum atomic E-state index is 11.5. The molecule has 6 bridgehead atoms. The number of phenolic OH excluding ortho intramolecular Hbond substituents is 1. The third kappa shape index (κ3) is 10.6. The zero-order valence-corrected chi connectivity index (χ0v) is 42.1. The zero-order chi connectivity index (χ0) is 47.5. The van der Waals surface area contributed by atoms with Gasteiger partial charge in [-0.05, 0) is 134 Å². The summed E-state index contributed by atoms with van der Waals surface area (Å²) in [5.74, 6) is 9.00. The molecule has 0 unspecified atom stereocenters. The van der Waals surface area contributed by atoms with Crippen LogP contribution in [-0.2, 0) is 25.9 Å². The van der Waals surface area contributed by atoms with Crippen molar-refractivity contribution < 1.29 is 29.6 Å². The summed E-state index contributed by atoms with van der Waals surface area (Å²) in [6.45, 7) is 5.44. The Balaban J connectivity index is 0.783. The van der Waals surface area contributed by atoms with Gasteiger partial charge >= 0.3 is 0 Å². The van der Waals surface area contributed by atoms with E-state index in [2.05, 4.69) is 57.9 Å². The number of nitrogens with one attached hydrogen (secondary N) is 3. The second-order valence-corrected chi connectivity index (χ2v) is 23.9. The van der Waals surface area contributed by atoms with Crippen molar-refractivity contribution >= 4 is 27.5 Å². The van der Waals surface area contributed by atoms with E-state index in [1.807, 2.05) is 46.7 Å². The van der Waals surface area contributed by atoms with Crippen molar-refractivity contribution in [3.05, 3.63) is 94.2 Å². The van der Waals surface area contributed by atoms with Gasteiger partial charge in [0, 0.05) is 85.4 Å². The summed E-state index contributed by atoms with van der Waals surface area (Å²) in [6, 6.07) is 10.0. The largest absolute Gasteiger partial charge is 0.504 e. The molecule has 1 saturated heterocycles. The number of aliphatic hydroxyl groups excluding tert-OH is 3. The normalized spacial score (nSPS) is 32.9. The minimum Gasteiger partial charge on any atom is -0.504 e. The van der Waals surface area contributed by atoms with E-state index in [4.69, 9.17) is 20.6 Å². The highest BCUT2D eigenvalue weighted by atomic mass is 33.1. The van der Waals surface area contributed by atoms with Crippen LogP contribution in [0.4, 0.5) is 0 Å². The standard InChI is InChI=1S/C54H78N6O6S2/c1-31(62)25-58-26-44-42-24-46(59-52(42)36-16-18-54(44)17-6-8-38(54)20-36)49(64)28-65-51-19-33(11-15-48(51)63)10-13-39-21-37(27-61)50(66-39)9-5-4-7-35-23-45(55)43-29-67-68-30-47(60-53(56)57-3)32(2)34-12-14-40(43)41(35)22-34/h11-12,14-16,18-19,21,24,31-32,34-36,38,40-41,43-45,47,49,58-59,61-64H,4-10,13,17,20,22-23,25-30,55H2,1-3H3,(H3,56,57,60)/t31-,32+,34-,35+,36+,38-,40+,41-,43+,44-,45+,47-,49-,54-/m0/s1. The number of furan rings is 1. The number of aryl methyl sites for hydroxylation is 3. The molecular weight excluding hydrogens is 893 g/mol. The Morgan fingerprint density at radius 1 is 1.04 bits per heavy atom. The highest BCUT2D eigenvalue weighted by Crippen LogP contribution is 2.62. The number of hydrogen-bond donors (Lipinski definition) is 9. The van der Waals surface area contributed by atoms with Crippen LogP contribution in [0.15, 0.2) is 64.0 Å². The molecule has 3 fully saturated rings. The summed E-state index contributed by atoms with van der Waals surface area (Å²) < 4.78 is 12.6. The Morgan fingerprint density at radius 3 is 2.72 bits per heavy atom. The maximum absolute atomic E-state index is 11.5. The van der Waals surface area contributed by atoms with E-state index >= 15 is 0 Å². The number of H-pyrrole nitrogens is 1. The number of benzene rings is 1. The van der Waals surface area contributed by atoms with Gasteiger partial charge in [0.25, 0.3) is 0 Å². The predicted molar refractivity (Wildman–Crippen MR) is 275 cm³/mol. The van der Waals surface area contributed by atoms with Crippen LogP contribution in [-0.4, -0.2) is 87.8 Å². The number of aromatic amines is 1. The lowest BCUT2D eigenvalue weighted by atomic mass is 9.58. The van der Waals surface area contributed by atoms with E-state index < -0.39 is 12.2 Å². The molecule has 2 aromatic heterocycles. The van der Waals surface area contributed by atoms with Gasteiger partial charge < -0.3 is 56.7 Å². The molecule has 0 radical (unpaired) electrons. The van der Waals surface area contributed by atoms with Crippen LogP contribution in [0.25, 0.3) is 0 Å². The van der Waals surface area contributed by atoms with E-state index in [-0.39, 0.29) is 42.4 Å². The van der Waals surface area contributed by atoms with Gasteiger partial charge in [-0.2, -0.15) is 0 Å². The lowest BCUT2D eigenvalue weighted by molar-refractivity contribution is 0.0710. The molecule has 68 heavy (non-hydrogen) atoms. The summed E-state index contributed by atoms with van der Waals surface area (Å²) in [6.07, 6.45) is 20.9. The smallest absolute Gasteiger partial charge is 0.188 e. The number of aliphatic hydroxyl groups is 3. The van der Waals surface area contributed by atoms with Crippen LogP contribution in [0.3, 0.4) is 0 Å². The Morgan fingerprint density at radius 2 is 1.90 bits per heavy atom. The Kier molecular flexibility index (Phi) is 16.0. The number of aromatic nitrogens is 1. The first-order chi connectivity index (χ1) is 32.9.